The lowest BCUT2D eigenvalue weighted by Gasteiger charge is -2.12. The summed E-state index contributed by atoms with van der Waals surface area (Å²) in [4.78, 5) is 12.7. The quantitative estimate of drug-likeness (QED) is 0.634. The van der Waals surface area contributed by atoms with Gasteiger partial charge in [-0.2, -0.15) is 0 Å². The molecule has 2 aromatic heterocycles. The molecule has 1 aliphatic rings. The van der Waals surface area contributed by atoms with Gasteiger partial charge in [0, 0.05) is 17.7 Å². The number of fused-ring (bicyclic) bond motifs is 3. The van der Waals surface area contributed by atoms with Gasteiger partial charge in [0.05, 0.1) is 23.5 Å². The number of halogens is 1. The van der Waals surface area contributed by atoms with E-state index in [1.807, 2.05) is 34.9 Å². The molecule has 0 radical (unpaired) electrons. The molecule has 0 atom stereocenters. The van der Waals surface area contributed by atoms with Crippen molar-refractivity contribution < 1.29 is 14.1 Å². The van der Waals surface area contributed by atoms with Crippen LogP contribution in [0.25, 0.3) is 11.5 Å². The van der Waals surface area contributed by atoms with Crippen LogP contribution in [0, 0.1) is 0 Å². The van der Waals surface area contributed by atoms with Gasteiger partial charge < -0.3 is 13.8 Å². The number of ether oxygens (including phenoxy) is 1. The standard InChI is InChI=1S/C20H19ClN2O3/c1-2-25-20(24)18-16(21)15-10-6-9-14-11-22-26-19(14)17(15)23(18)12-13-7-4-3-5-8-13/h3-5,7-8,11H,2,6,9-10,12H2,1H3. The molecule has 0 spiro atoms. The van der Waals surface area contributed by atoms with Crippen molar-refractivity contribution in [2.75, 3.05) is 6.61 Å². The van der Waals surface area contributed by atoms with Gasteiger partial charge in [-0.15, -0.1) is 0 Å². The van der Waals surface area contributed by atoms with Gasteiger partial charge in [0.25, 0.3) is 0 Å². The van der Waals surface area contributed by atoms with E-state index < -0.39 is 5.97 Å². The fraction of sp³-hybridized carbons (Fsp3) is 0.300. The number of esters is 1. The van der Waals surface area contributed by atoms with Crippen molar-refractivity contribution in [1.82, 2.24) is 9.72 Å². The summed E-state index contributed by atoms with van der Waals surface area (Å²) in [6.07, 6.45) is 4.34. The first-order valence-electron chi connectivity index (χ1n) is 8.76. The number of rotatable bonds is 4. The maximum Gasteiger partial charge on any atom is 0.356 e. The second-order valence-corrected chi connectivity index (χ2v) is 6.69. The Morgan fingerprint density at radius 3 is 2.88 bits per heavy atom. The summed E-state index contributed by atoms with van der Waals surface area (Å²) >= 11 is 6.67. The number of hydrogen-bond donors (Lipinski definition) is 0. The van der Waals surface area contributed by atoms with Crippen LogP contribution in [0.2, 0.25) is 5.02 Å². The second-order valence-electron chi connectivity index (χ2n) is 6.32. The third-order valence-electron chi connectivity index (χ3n) is 4.68. The maximum atomic E-state index is 12.7. The number of benzene rings is 1. The zero-order chi connectivity index (χ0) is 18.1. The Morgan fingerprint density at radius 1 is 1.31 bits per heavy atom. The Kier molecular flexibility index (Phi) is 4.55. The monoisotopic (exact) mass is 370 g/mol. The molecule has 134 valence electrons. The third-order valence-corrected chi connectivity index (χ3v) is 5.09. The highest BCUT2D eigenvalue weighted by molar-refractivity contribution is 6.34. The highest BCUT2D eigenvalue weighted by Crippen LogP contribution is 2.40. The van der Waals surface area contributed by atoms with E-state index in [9.17, 15) is 4.79 Å². The summed E-state index contributed by atoms with van der Waals surface area (Å²) in [5.74, 6) is 0.286. The maximum absolute atomic E-state index is 12.7. The average molecular weight is 371 g/mol. The number of carbonyl (C=O) groups excluding carboxylic acids is 1. The van der Waals surface area contributed by atoms with Crippen LogP contribution in [0.4, 0.5) is 0 Å². The minimum atomic E-state index is -0.414. The van der Waals surface area contributed by atoms with Crippen molar-refractivity contribution in [3.8, 4) is 11.5 Å². The predicted molar refractivity (Wildman–Crippen MR) is 98.5 cm³/mol. The SMILES string of the molecule is CCOC(=O)c1c(Cl)c2c(n1Cc1ccccc1)-c1oncc1CCC2. The van der Waals surface area contributed by atoms with E-state index in [-0.39, 0.29) is 0 Å². The summed E-state index contributed by atoms with van der Waals surface area (Å²) < 4.78 is 12.8. The van der Waals surface area contributed by atoms with E-state index in [2.05, 4.69) is 5.16 Å². The average Bonchev–Trinajstić information content (AvgIpc) is 3.14. The van der Waals surface area contributed by atoms with Gasteiger partial charge in [0.15, 0.2) is 5.76 Å². The summed E-state index contributed by atoms with van der Waals surface area (Å²) in [7, 11) is 0. The lowest BCUT2D eigenvalue weighted by atomic mass is 10.1. The fourth-order valence-electron chi connectivity index (χ4n) is 3.54. The molecule has 1 aromatic carbocycles. The van der Waals surface area contributed by atoms with Crippen LogP contribution >= 0.6 is 11.6 Å². The van der Waals surface area contributed by atoms with Gasteiger partial charge in [-0.25, -0.2) is 4.79 Å². The van der Waals surface area contributed by atoms with E-state index >= 15 is 0 Å². The van der Waals surface area contributed by atoms with E-state index in [0.717, 1.165) is 41.6 Å². The molecule has 26 heavy (non-hydrogen) atoms. The minimum Gasteiger partial charge on any atom is -0.461 e. The predicted octanol–water partition coefficient (Wildman–Crippen LogP) is 4.51. The van der Waals surface area contributed by atoms with Crippen molar-refractivity contribution in [2.24, 2.45) is 0 Å². The van der Waals surface area contributed by atoms with E-state index in [1.165, 1.54) is 0 Å². The van der Waals surface area contributed by atoms with Crippen molar-refractivity contribution >= 4 is 17.6 Å². The van der Waals surface area contributed by atoms with E-state index in [1.54, 1.807) is 13.1 Å². The molecule has 0 unspecified atom stereocenters. The summed E-state index contributed by atoms with van der Waals surface area (Å²) in [6.45, 7) is 2.59. The highest BCUT2D eigenvalue weighted by Gasteiger charge is 2.32. The lowest BCUT2D eigenvalue weighted by Crippen LogP contribution is -2.14. The first-order valence-corrected chi connectivity index (χ1v) is 9.14. The summed E-state index contributed by atoms with van der Waals surface area (Å²) in [5, 5.41) is 4.42. The molecule has 3 aromatic rings. The number of nitrogens with zero attached hydrogens (tertiary/aromatic N) is 2. The zero-order valence-electron chi connectivity index (χ0n) is 14.5. The van der Waals surface area contributed by atoms with Gasteiger partial charge in [-0.3, -0.25) is 0 Å². The Bertz CT molecular complexity index is 944. The highest BCUT2D eigenvalue weighted by atomic mass is 35.5. The first-order chi connectivity index (χ1) is 12.7. The molecule has 0 amide bonds. The molecular weight excluding hydrogens is 352 g/mol. The van der Waals surface area contributed by atoms with Crippen LogP contribution in [0.15, 0.2) is 41.1 Å². The van der Waals surface area contributed by atoms with Gasteiger partial charge >= 0.3 is 5.97 Å². The molecule has 0 fully saturated rings. The Balaban J connectivity index is 1.94. The van der Waals surface area contributed by atoms with Crippen molar-refractivity contribution in [3.05, 3.63) is 63.9 Å². The number of aromatic nitrogens is 2. The fourth-order valence-corrected chi connectivity index (χ4v) is 3.90. The minimum absolute atomic E-state index is 0.296. The lowest BCUT2D eigenvalue weighted by molar-refractivity contribution is 0.0515. The molecule has 2 heterocycles. The van der Waals surface area contributed by atoms with Crippen LogP contribution in [-0.4, -0.2) is 22.3 Å². The van der Waals surface area contributed by atoms with Gasteiger partial charge in [0.1, 0.15) is 5.69 Å². The number of hydrogen-bond acceptors (Lipinski definition) is 4. The van der Waals surface area contributed by atoms with Crippen LogP contribution in [0.5, 0.6) is 0 Å². The van der Waals surface area contributed by atoms with Gasteiger partial charge in [-0.1, -0.05) is 47.1 Å². The molecule has 5 nitrogen and oxygen atoms in total. The molecular formula is C20H19ClN2O3. The molecule has 4 rings (SSSR count). The molecule has 0 N–H and O–H groups in total. The Labute approximate surface area is 156 Å². The second kappa shape index (κ2) is 7.00. The van der Waals surface area contributed by atoms with E-state index in [0.29, 0.717) is 29.6 Å². The van der Waals surface area contributed by atoms with Crippen LogP contribution < -0.4 is 0 Å². The van der Waals surface area contributed by atoms with Crippen LogP contribution in [-0.2, 0) is 24.1 Å². The van der Waals surface area contributed by atoms with Crippen LogP contribution in [0.3, 0.4) is 0 Å². The normalized spacial score (nSPS) is 13.0. The number of carbonyl (C=O) groups is 1. The van der Waals surface area contributed by atoms with Gasteiger partial charge in [-0.05, 0) is 31.7 Å². The van der Waals surface area contributed by atoms with Crippen molar-refractivity contribution in [3.63, 3.8) is 0 Å². The largest absolute Gasteiger partial charge is 0.461 e. The third kappa shape index (κ3) is 2.82. The number of aryl methyl sites for hydroxylation is 1. The van der Waals surface area contributed by atoms with E-state index in [4.69, 9.17) is 20.9 Å². The molecule has 0 aliphatic heterocycles. The molecule has 0 saturated heterocycles. The summed E-state index contributed by atoms with van der Waals surface area (Å²) in [5.41, 5.74) is 4.26. The smallest absolute Gasteiger partial charge is 0.356 e. The molecule has 0 saturated carbocycles. The Hall–Kier alpha value is -2.53. The molecule has 1 aliphatic carbocycles. The van der Waals surface area contributed by atoms with Crippen molar-refractivity contribution in [2.45, 2.75) is 32.7 Å². The van der Waals surface area contributed by atoms with Crippen molar-refractivity contribution in [1.29, 1.82) is 0 Å². The molecule has 0 bridgehead atoms. The summed E-state index contributed by atoms with van der Waals surface area (Å²) in [6, 6.07) is 9.96. The van der Waals surface area contributed by atoms with Crippen LogP contribution in [0.1, 0.15) is 40.5 Å². The Morgan fingerprint density at radius 2 is 2.12 bits per heavy atom. The first kappa shape index (κ1) is 16.9. The molecule has 6 heteroatoms. The zero-order valence-corrected chi connectivity index (χ0v) is 15.3. The van der Waals surface area contributed by atoms with Gasteiger partial charge in [0.2, 0.25) is 0 Å². The topological polar surface area (TPSA) is 57.3 Å².